The maximum absolute atomic E-state index is 5.77. The van der Waals surface area contributed by atoms with Gasteiger partial charge in [0, 0.05) is 0 Å². The van der Waals surface area contributed by atoms with E-state index in [-0.39, 0.29) is 0 Å². The number of benzene rings is 2. The van der Waals surface area contributed by atoms with Crippen molar-refractivity contribution in [3.05, 3.63) is 65.2 Å². The Kier molecular flexibility index (Phi) is 4.40. The minimum Gasteiger partial charge on any atom is -0.489 e. The lowest BCUT2D eigenvalue weighted by Gasteiger charge is -2.07. The second-order valence-electron chi connectivity index (χ2n) is 4.46. The zero-order valence-corrected chi connectivity index (χ0v) is 11.1. The van der Waals surface area contributed by atoms with Gasteiger partial charge in [0.1, 0.15) is 12.4 Å². The van der Waals surface area contributed by atoms with E-state index in [0.717, 1.165) is 18.6 Å². The molecule has 0 aromatic heterocycles. The molecular weight excluding hydrogens is 220 g/mol. The number of aryl methyl sites for hydroxylation is 2. The van der Waals surface area contributed by atoms with Crippen molar-refractivity contribution in [1.29, 1.82) is 0 Å². The van der Waals surface area contributed by atoms with Crippen LogP contribution in [0.25, 0.3) is 0 Å². The molecule has 1 nitrogen and oxygen atoms in total. The Morgan fingerprint density at radius 3 is 1.61 bits per heavy atom. The Morgan fingerprint density at radius 1 is 0.667 bits per heavy atom. The van der Waals surface area contributed by atoms with E-state index in [2.05, 4.69) is 50.2 Å². The highest BCUT2D eigenvalue weighted by molar-refractivity contribution is 5.28. The minimum absolute atomic E-state index is 0.634. The fourth-order valence-corrected chi connectivity index (χ4v) is 1.86. The van der Waals surface area contributed by atoms with Gasteiger partial charge < -0.3 is 4.74 Å². The highest BCUT2D eigenvalue weighted by atomic mass is 16.5. The summed E-state index contributed by atoms with van der Waals surface area (Å²) in [7, 11) is 0. The van der Waals surface area contributed by atoms with E-state index < -0.39 is 0 Å². The lowest BCUT2D eigenvalue weighted by molar-refractivity contribution is 0.306. The van der Waals surface area contributed by atoms with Crippen molar-refractivity contribution in [3.8, 4) is 5.75 Å². The van der Waals surface area contributed by atoms with Crippen molar-refractivity contribution in [3.63, 3.8) is 0 Å². The van der Waals surface area contributed by atoms with Gasteiger partial charge in [0.25, 0.3) is 0 Å². The smallest absolute Gasteiger partial charge is 0.119 e. The molecule has 0 amide bonds. The maximum Gasteiger partial charge on any atom is 0.119 e. The molecule has 0 saturated heterocycles. The van der Waals surface area contributed by atoms with E-state index in [9.17, 15) is 0 Å². The summed E-state index contributed by atoms with van der Waals surface area (Å²) in [6.45, 7) is 4.96. The molecule has 0 aliphatic carbocycles. The molecule has 0 N–H and O–H groups in total. The van der Waals surface area contributed by atoms with Crippen LogP contribution in [0.1, 0.15) is 30.5 Å². The van der Waals surface area contributed by atoms with Crippen LogP contribution in [0.3, 0.4) is 0 Å². The standard InChI is InChI=1S/C17H20O/c1-3-14-5-7-16(8-6-14)13-18-17-11-9-15(4-2)10-12-17/h5-12H,3-4,13H2,1-2H3. The summed E-state index contributed by atoms with van der Waals surface area (Å²) in [4.78, 5) is 0. The van der Waals surface area contributed by atoms with Gasteiger partial charge in [-0.25, -0.2) is 0 Å². The molecule has 0 heterocycles. The normalized spacial score (nSPS) is 10.3. The van der Waals surface area contributed by atoms with Crippen LogP contribution in [0, 0.1) is 0 Å². The molecule has 0 bridgehead atoms. The summed E-state index contributed by atoms with van der Waals surface area (Å²) in [5, 5.41) is 0. The molecule has 1 heteroatoms. The van der Waals surface area contributed by atoms with E-state index in [1.165, 1.54) is 16.7 Å². The maximum atomic E-state index is 5.77. The van der Waals surface area contributed by atoms with E-state index in [1.54, 1.807) is 0 Å². The molecule has 0 fully saturated rings. The molecule has 0 unspecified atom stereocenters. The van der Waals surface area contributed by atoms with Gasteiger partial charge in [-0.3, -0.25) is 0 Å². The van der Waals surface area contributed by atoms with E-state index >= 15 is 0 Å². The summed E-state index contributed by atoms with van der Waals surface area (Å²) in [5.41, 5.74) is 3.92. The van der Waals surface area contributed by atoms with Crippen molar-refractivity contribution in [2.75, 3.05) is 0 Å². The summed E-state index contributed by atoms with van der Waals surface area (Å²) < 4.78 is 5.77. The molecule has 0 saturated carbocycles. The van der Waals surface area contributed by atoms with Crippen LogP contribution < -0.4 is 4.74 Å². The van der Waals surface area contributed by atoms with E-state index in [4.69, 9.17) is 4.74 Å². The van der Waals surface area contributed by atoms with Crippen LogP contribution in [0.2, 0.25) is 0 Å². The topological polar surface area (TPSA) is 9.23 Å². The van der Waals surface area contributed by atoms with Gasteiger partial charge in [0.2, 0.25) is 0 Å². The summed E-state index contributed by atoms with van der Waals surface area (Å²) >= 11 is 0. The molecule has 2 rings (SSSR count). The number of rotatable bonds is 5. The third-order valence-corrected chi connectivity index (χ3v) is 3.17. The first kappa shape index (κ1) is 12.7. The van der Waals surface area contributed by atoms with Crippen LogP contribution in [-0.4, -0.2) is 0 Å². The van der Waals surface area contributed by atoms with Crippen LogP contribution in [0.5, 0.6) is 5.75 Å². The predicted octanol–water partition coefficient (Wildman–Crippen LogP) is 4.39. The van der Waals surface area contributed by atoms with Gasteiger partial charge in [-0.1, -0.05) is 50.2 Å². The highest BCUT2D eigenvalue weighted by Gasteiger charge is 1.97. The van der Waals surface area contributed by atoms with Crippen LogP contribution >= 0.6 is 0 Å². The monoisotopic (exact) mass is 240 g/mol. The van der Waals surface area contributed by atoms with Crippen molar-refractivity contribution in [2.45, 2.75) is 33.3 Å². The Bertz CT molecular complexity index is 420. The molecule has 2 aromatic rings. The van der Waals surface area contributed by atoms with Crippen molar-refractivity contribution in [1.82, 2.24) is 0 Å². The molecule has 0 aliphatic heterocycles. The first-order chi connectivity index (χ1) is 8.81. The molecular formula is C17H20O. The fourth-order valence-electron chi connectivity index (χ4n) is 1.86. The Labute approximate surface area is 109 Å². The lowest BCUT2D eigenvalue weighted by atomic mass is 10.1. The highest BCUT2D eigenvalue weighted by Crippen LogP contribution is 2.15. The zero-order valence-electron chi connectivity index (χ0n) is 11.1. The largest absolute Gasteiger partial charge is 0.489 e. The first-order valence-electron chi connectivity index (χ1n) is 6.61. The molecule has 0 atom stereocenters. The second kappa shape index (κ2) is 6.25. The molecule has 0 spiro atoms. The Balaban J connectivity index is 1.93. The first-order valence-corrected chi connectivity index (χ1v) is 6.61. The third kappa shape index (κ3) is 3.36. The van der Waals surface area contributed by atoms with E-state index in [0.29, 0.717) is 6.61 Å². The predicted molar refractivity (Wildman–Crippen MR) is 76.0 cm³/mol. The fraction of sp³-hybridized carbons (Fsp3) is 0.294. The quantitative estimate of drug-likeness (QED) is 0.753. The van der Waals surface area contributed by atoms with Gasteiger partial charge >= 0.3 is 0 Å². The van der Waals surface area contributed by atoms with E-state index in [1.807, 2.05) is 12.1 Å². The van der Waals surface area contributed by atoms with Gasteiger partial charge in [0.05, 0.1) is 0 Å². The second-order valence-corrected chi connectivity index (χ2v) is 4.46. The zero-order chi connectivity index (χ0) is 12.8. The van der Waals surface area contributed by atoms with Crippen molar-refractivity contribution >= 4 is 0 Å². The summed E-state index contributed by atoms with van der Waals surface area (Å²) in [6, 6.07) is 16.9. The summed E-state index contributed by atoms with van der Waals surface area (Å²) in [5.74, 6) is 0.937. The number of hydrogen-bond acceptors (Lipinski definition) is 1. The van der Waals surface area contributed by atoms with Gasteiger partial charge in [0.15, 0.2) is 0 Å². The van der Waals surface area contributed by atoms with Crippen LogP contribution in [-0.2, 0) is 19.4 Å². The number of ether oxygens (including phenoxy) is 1. The minimum atomic E-state index is 0.634. The average Bonchev–Trinajstić information content (AvgIpc) is 2.46. The average molecular weight is 240 g/mol. The van der Waals surface area contributed by atoms with Crippen molar-refractivity contribution in [2.24, 2.45) is 0 Å². The van der Waals surface area contributed by atoms with Gasteiger partial charge in [-0.15, -0.1) is 0 Å². The molecule has 0 aliphatic rings. The Morgan fingerprint density at radius 2 is 1.11 bits per heavy atom. The Hall–Kier alpha value is -1.76. The lowest BCUT2D eigenvalue weighted by Crippen LogP contribution is -1.95. The molecule has 94 valence electrons. The molecule has 18 heavy (non-hydrogen) atoms. The van der Waals surface area contributed by atoms with Crippen LogP contribution in [0.4, 0.5) is 0 Å². The SMILES string of the molecule is CCc1ccc(COc2ccc(CC)cc2)cc1. The van der Waals surface area contributed by atoms with Gasteiger partial charge in [-0.2, -0.15) is 0 Å². The van der Waals surface area contributed by atoms with Gasteiger partial charge in [-0.05, 0) is 41.7 Å². The van der Waals surface area contributed by atoms with Crippen molar-refractivity contribution < 1.29 is 4.74 Å². The molecule has 2 aromatic carbocycles. The molecule has 0 radical (unpaired) electrons. The number of hydrogen-bond donors (Lipinski definition) is 0. The summed E-state index contributed by atoms with van der Waals surface area (Å²) in [6.07, 6.45) is 2.15. The van der Waals surface area contributed by atoms with Crippen LogP contribution in [0.15, 0.2) is 48.5 Å². The third-order valence-electron chi connectivity index (χ3n) is 3.17.